The molecule has 1 fully saturated rings. The summed E-state index contributed by atoms with van der Waals surface area (Å²) in [5, 5.41) is 2.80. The van der Waals surface area contributed by atoms with Gasteiger partial charge < -0.3 is 19.5 Å². The lowest BCUT2D eigenvalue weighted by molar-refractivity contribution is -0.274. The summed E-state index contributed by atoms with van der Waals surface area (Å²) in [5.41, 5.74) is 0.216. The fraction of sp³-hybridized carbons (Fsp3) is 0.435. The maximum absolute atomic E-state index is 13.0. The lowest BCUT2D eigenvalue weighted by atomic mass is 9.85. The quantitative estimate of drug-likeness (QED) is 0.490. The van der Waals surface area contributed by atoms with Crippen LogP contribution in [0.3, 0.4) is 0 Å². The van der Waals surface area contributed by atoms with Crippen molar-refractivity contribution in [1.82, 2.24) is 0 Å². The highest BCUT2D eigenvalue weighted by Gasteiger charge is 2.32. The smallest absolute Gasteiger partial charge is 0.492 e. The van der Waals surface area contributed by atoms with E-state index in [0.717, 1.165) is 31.4 Å². The Morgan fingerprint density at radius 3 is 2.51 bits per heavy atom. The molecule has 1 aliphatic carbocycles. The van der Waals surface area contributed by atoms with Crippen LogP contribution in [0.5, 0.6) is 11.5 Å². The van der Waals surface area contributed by atoms with Gasteiger partial charge in [-0.1, -0.05) is 18.9 Å². The normalized spacial score (nSPS) is 18.5. The highest BCUT2D eigenvalue weighted by atomic mass is 32.2. The van der Waals surface area contributed by atoms with E-state index in [1.54, 1.807) is 14.0 Å². The number of alkyl halides is 3. The van der Waals surface area contributed by atoms with Gasteiger partial charge in [-0.2, -0.15) is 0 Å². The fourth-order valence-corrected chi connectivity index (χ4v) is 5.13. The van der Waals surface area contributed by atoms with Crippen molar-refractivity contribution >= 4 is 27.3 Å². The second-order valence-electron chi connectivity index (χ2n) is 7.93. The van der Waals surface area contributed by atoms with Crippen molar-refractivity contribution in [2.24, 2.45) is 5.92 Å². The van der Waals surface area contributed by atoms with E-state index in [9.17, 15) is 26.4 Å². The van der Waals surface area contributed by atoms with Gasteiger partial charge in [-0.3, -0.25) is 9.52 Å². The number of ether oxygens (including phenoxy) is 3. The van der Waals surface area contributed by atoms with E-state index in [1.165, 1.54) is 30.3 Å². The zero-order valence-corrected chi connectivity index (χ0v) is 20.0. The second kappa shape index (κ2) is 11.2. The Morgan fingerprint density at radius 2 is 1.83 bits per heavy atom. The number of hydrogen-bond donors (Lipinski definition) is 2. The Labute approximate surface area is 201 Å². The van der Waals surface area contributed by atoms with Gasteiger partial charge in [0, 0.05) is 24.9 Å². The van der Waals surface area contributed by atoms with Gasteiger partial charge in [0.25, 0.3) is 10.0 Å². The summed E-state index contributed by atoms with van der Waals surface area (Å²) in [5.74, 6) is -1.14. The predicted molar refractivity (Wildman–Crippen MR) is 123 cm³/mol. The maximum Gasteiger partial charge on any atom is 0.573 e. The molecule has 3 rings (SSSR count). The number of halogens is 3. The number of carbonyl (C=O) groups is 1. The molecule has 35 heavy (non-hydrogen) atoms. The molecule has 0 unspecified atom stereocenters. The molecule has 2 aromatic rings. The van der Waals surface area contributed by atoms with Gasteiger partial charge in [-0.15, -0.1) is 13.2 Å². The van der Waals surface area contributed by atoms with E-state index in [0.29, 0.717) is 12.1 Å². The first-order chi connectivity index (χ1) is 16.5. The third-order valence-corrected chi connectivity index (χ3v) is 6.88. The largest absolute Gasteiger partial charge is 0.573 e. The summed E-state index contributed by atoms with van der Waals surface area (Å²) < 4.78 is 80.4. The van der Waals surface area contributed by atoms with Crippen molar-refractivity contribution in [2.75, 3.05) is 23.8 Å². The van der Waals surface area contributed by atoms with Gasteiger partial charge >= 0.3 is 6.36 Å². The number of benzene rings is 2. The van der Waals surface area contributed by atoms with Crippen molar-refractivity contribution < 1.29 is 40.6 Å². The Bertz CT molecular complexity index is 1140. The molecular formula is C23H27F3N2O6S. The van der Waals surface area contributed by atoms with Crippen molar-refractivity contribution in [3.63, 3.8) is 0 Å². The molecule has 1 amide bonds. The molecule has 2 aromatic carbocycles. The molecule has 0 spiro atoms. The van der Waals surface area contributed by atoms with Crippen LogP contribution >= 0.6 is 0 Å². The van der Waals surface area contributed by atoms with Crippen LogP contribution in [-0.4, -0.2) is 40.5 Å². The summed E-state index contributed by atoms with van der Waals surface area (Å²) in [6.07, 6.45) is -1.72. The van der Waals surface area contributed by atoms with Crippen LogP contribution in [0, 0.1) is 5.92 Å². The SMILES string of the molecule is CCOc1cc(NC(=O)[C@H]2CCCC[C@H]2OC)ccc1S(=O)(=O)Nc1cccc(OC(F)(F)F)c1. The number of carbonyl (C=O) groups excluding carboxylic acids is 1. The number of anilines is 2. The summed E-state index contributed by atoms with van der Waals surface area (Å²) in [4.78, 5) is 12.6. The third kappa shape index (κ3) is 7.25. The first kappa shape index (κ1) is 26.6. The minimum Gasteiger partial charge on any atom is -0.492 e. The molecule has 1 saturated carbocycles. The Hall–Kier alpha value is -2.99. The van der Waals surface area contributed by atoms with Gasteiger partial charge in [-0.05, 0) is 44.0 Å². The number of rotatable bonds is 9. The van der Waals surface area contributed by atoms with Crippen LogP contribution in [-0.2, 0) is 19.6 Å². The van der Waals surface area contributed by atoms with Gasteiger partial charge in [0.1, 0.15) is 16.4 Å². The first-order valence-corrected chi connectivity index (χ1v) is 12.5. The second-order valence-corrected chi connectivity index (χ2v) is 9.58. The molecule has 0 heterocycles. The van der Waals surface area contributed by atoms with Crippen LogP contribution in [0.1, 0.15) is 32.6 Å². The van der Waals surface area contributed by atoms with Gasteiger partial charge in [-0.25, -0.2) is 8.42 Å². The molecule has 8 nitrogen and oxygen atoms in total. The Kier molecular flexibility index (Phi) is 8.49. The number of hydrogen-bond acceptors (Lipinski definition) is 6. The first-order valence-electron chi connectivity index (χ1n) is 11.0. The lowest BCUT2D eigenvalue weighted by Crippen LogP contribution is -2.36. The van der Waals surface area contributed by atoms with Crippen LogP contribution in [0.15, 0.2) is 47.4 Å². The molecule has 2 atom stereocenters. The molecular weight excluding hydrogens is 489 g/mol. The third-order valence-electron chi connectivity index (χ3n) is 5.46. The minimum absolute atomic E-state index is 0.0209. The molecule has 0 bridgehead atoms. The van der Waals surface area contributed by atoms with E-state index in [4.69, 9.17) is 9.47 Å². The summed E-state index contributed by atoms with van der Waals surface area (Å²) in [7, 11) is -2.68. The molecule has 0 saturated heterocycles. The highest BCUT2D eigenvalue weighted by Crippen LogP contribution is 2.32. The maximum atomic E-state index is 13.0. The van der Waals surface area contributed by atoms with Gasteiger partial charge in [0.05, 0.1) is 24.3 Å². The highest BCUT2D eigenvalue weighted by molar-refractivity contribution is 7.92. The molecule has 192 valence electrons. The summed E-state index contributed by atoms with van der Waals surface area (Å²) >= 11 is 0. The molecule has 1 aliphatic rings. The lowest BCUT2D eigenvalue weighted by Gasteiger charge is -2.29. The zero-order valence-electron chi connectivity index (χ0n) is 19.2. The fourth-order valence-electron chi connectivity index (χ4n) is 3.96. The standard InChI is InChI=1S/C23H27F3N2O6S/c1-3-33-20-14-15(27-22(29)18-9-4-5-10-19(18)32-2)11-12-21(20)35(30,31)28-16-7-6-8-17(13-16)34-23(24,25)26/h6-8,11-14,18-19,28H,3-5,9-10H2,1-2H3,(H,27,29)/t18-,19+/m0/s1. The molecule has 0 aliphatic heterocycles. The van der Waals surface area contributed by atoms with E-state index >= 15 is 0 Å². The zero-order chi connectivity index (χ0) is 25.6. The van der Waals surface area contributed by atoms with E-state index in [2.05, 4.69) is 14.8 Å². The number of sulfonamides is 1. The van der Waals surface area contributed by atoms with Crippen LogP contribution in [0.25, 0.3) is 0 Å². The van der Waals surface area contributed by atoms with E-state index < -0.39 is 22.1 Å². The summed E-state index contributed by atoms with van der Waals surface area (Å²) in [6, 6.07) is 8.54. The predicted octanol–water partition coefficient (Wildman–Crippen LogP) is 4.93. The van der Waals surface area contributed by atoms with E-state index in [1.807, 2.05) is 0 Å². The van der Waals surface area contributed by atoms with Gasteiger partial charge in [0.15, 0.2) is 0 Å². The molecule has 12 heteroatoms. The van der Waals surface area contributed by atoms with Crippen molar-refractivity contribution in [1.29, 1.82) is 0 Å². The van der Waals surface area contributed by atoms with Crippen molar-refractivity contribution in [2.45, 2.75) is 50.0 Å². The van der Waals surface area contributed by atoms with Crippen LogP contribution in [0.4, 0.5) is 24.5 Å². The number of nitrogens with one attached hydrogen (secondary N) is 2. The van der Waals surface area contributed by atoms with Gasteiger partial charge in [0.2, 0.25) is 5.91 Å². The van der Waals surface area contributed by atoms with Crippen LogP contribution < -0.4 is 19.5 Å². The Balaban J connectivity index is 1.81. The minimum atomic E-state index is -4.92. The number of amides is 1. The average molecular weight is 517 g/mol. The molecule has 0 radical (unpaired) electrons. The van der Waals surface area contributed by atoms with E-state index in [-0.39, 0.29) is 40.9 Å². The Morgan fingerprint density at radius 1 is 1.09 bits per heavy atom. The average Bonchev–Trinajstić information content (AvgIpc) is 2.78. The molecule has 0 aromatic heterocycles. The van der Waals surface area contributed by atoms with Crippen molar-refractivity contribution in [3.05, 3.63) is 42.5 Å². The molecule has 2 N–H and O–H groups in total. The number of methoxy groups -OCH3 is 1. The summed E-state index contributed by atoms with van der Waals surface area (Å²) in [6.45, 7) is 1.81. The van der Waals surface area contributed by atoms with Crippen LogP contribution in [0.2, 0.25) is 0 Å². The monoisotopic (exact) mass is 516 g/mol. The van der Waals surface area contributed by atoms with Crippen molar-refractivity contribution in [3.8, 4) is 11.5 Å². The topological polar surface area (TPSA) is 103 Å².